The van der Waals surface area contributed by atoms with Gasteiger partial charge in [-0.05, 0) is 24.0 Å². The first kappa shape index (κ1) is 17.1. The van der Waals surface area contributed by atoms with Crippen molar-refractivity contribution in [1.82, 2.24) is 5.16 Å². The molecule has 0 aliphatic heterocycles. The number of aliphatic carboxylic acids is 1. The topological polar surface area (TPSA) is 75.4 Å². The molecular formula is C19H18N2O3S. The summed E-state index contributed by atoms with van der Waals surface area (Å²) in [5, 5.41) is 16.4. The number of rotatable bonds is 7. The minimum Gasteiger partial charge on any atom is -0.480 e. The van der Waals surface area contributed by atoms with Gasteiger partial charge in [0, 0.05) is 22.9 Å². The third kappa shape index (κ3) is 4.42. The van der Waals surface area contributed by atoms with Gasteiger partial charge < -0.3 is 14.9 Å². The average Bonchev–Trinajstić information content (AvgIpc) is 3.10. The van der Waals surface area contributed by atoms with E-state index in [4.69, 9.17) is 4.52 Å². The van der Waals surface area contributed by atoms with E-state index in [-0.39, 0.29) is 0 Å². The van der Waals surface area contributed by atoms with Crippen LogP contribution < -0.4 is 5.32 Å². The maximum Gasteiger partial charge on any atom is 0.326 e. The number of anilines is 1. The maximum absolute atomic E-state index is 11.5. The summed E-state index contributed by atoms with van der Waals surface area (Å²) in [6.07, 6.45) is 2.38. The van der Waals surface area contributed by atoms with Crippen molar-refractivity contribution in [1.29, 1.82) is 0 Å². The van der Waals surface area contributed by atoms with Gasteiger partial charge in [0.15, 0.2) is 0 Å². The standard InChI is InChI=1S/C19H18N2O3S/c1-25-15-9-7-14(8-10-15)16-12-18(24-21-16)20-17(19(22)23)11-13-5-3-2-4-6-13/h2-10,12,17,20H,11H2,1H3,(H,22,23)/t17-/m1/s1. The molecule has 6 heteroatoms. The highest BCUT2D eigenvalue weighted by atomic mass is 32.2. The quantitative estimate of drug-likeness (QED) is 0.620. The number of nitrogens with zero attached hydrogens (tertiary/aromatic N) is 1. The van der Waals surface area contributed by atoms with E-state index in [1.54, 1.807) is 17.8 Å². The van der Waals surface area contributed by atoms with Crippen LogP contribution >= 0.6 is 11.8 Å². The van der Waals surface area contributed by atoms with Crippen molar-refractivity contribution in [3.8, 4) is 11.3 Å². The van der Waals surface area contributed by atoms with E-state index in [0.717, 1.165) is 11.1 Å². The molecule has 1 atom stereocenters. The number of carbonyl (C=O) groups is 1. The Labute approximate surface area is 150 Å². The summed E-state index contributed by atoms with van der Waals surface area (Å²) < 4.78 is 5.26. The summed E-state index contributed by atoms with van der Waals surface area (Å²) in [6, 6.07) is 18.4. The zero-order chi connectivity index (χ0) is 17.6. The molecule has 0 radical (unpaired) electrons. The van der Waals surface area contributed by atoms with Crippen molar-refractivity contribution in [2.45, 2.75) is 17.4 Å². The van der Waals surface area contributed by atoms with Gasteiger partial charge >= 0.3 is 5.97 Å². The lowest BCUT2D eigenvalue weighted by atomic mass is 10.1. The predicted octanol–water partition coefficient (Wildman–Crippen LogP) is 4.17. The Morgan fingerprint density at radius 2 is 1.92 bits per heavy atom. The Bertz CT molecular complexity index is 831. The zero-order valence-corrected chi connectivity index (χ0v) is 14.5. The highest BCUT2D eigenvalue weighted by molar-refractivity contribution is 7.98. The van der Waals surface area contributed by atoms with Gasteiger partial charge in [-0.25, -0.2) is 4.79 Å². The molecule has 2 aromatic carbocycles. The first-order valence-electron chi connectivity index (χ1n) is 7.80. The van der Waals surface area contributed by atoms with Gasteiger partial charge in [0.05, 0.1) is 0 Å². The van der Waals surface area contributed by atoms with Crippen LogP contribution in [0.15, 0.2) is 70.1 Å². The fourth-order valence-corrected chi connectivity index (χ4v) is 2.87. The van der Waals surface area contributed by atoms with Crippen LogP contribution in [0.25, 0.3) is 11.3 Å². The van der Waals surface area contributed by atoms with E-state index in [1.807, 2.05) is 60.9 Å². The summed E-state index contributed by atoms with van der Waals surface area (Å²) in [4.78, 5) is 12.7. The molecule has 0 amide bonds. The lowest BCUT2D eigenvalue weighted by Gasteiger charge is -2.13. The molecule has 1 heterocycles. The molecule has 0 aliphatic carbocycles. The first-order chi connectivity index (χ1) is 12.2. The fourth-order valence-electron chi connectivity index (χ4n) is 2.46. The summed E-state index contributed by atoms with van der Waals surface area (Å²) in [5.74, 6) is -0.599. The van der Waals surface area contributed by atoms with Gasteiger partial charge in [0.1, 0.15) is 11.7 Å². The molecular weight excluding hydrogens is 336 g/mol. The fraction of sp³-hybridized carbons (Fsp3) is 0.158. The van der Waals surface area contributed by atoms with Crippen LogP contribution in [-0.2, 0) is 11.2 Å². The summed E-state index contributed by atoms with van der Waals surface area (Å²) in [6.45, 7) is 0. The zero-order valence-electron chi connectivity index (χ0n) is 13.7. The Kier molecular flexibility index (Phi) is 5.40. The Hall–Kier alpha value is -2.73. The second-order valence-electron chi connectivity index (χ2n) is 5.53. The minimum atomic E-state index is -0.939. The molecule has 128 valence electrons. The number of nitrogens with one attached hydrogen (secondary N) is 1. The number of thioether (sulfide) groups is 1. The van der Waals surface area contributed by atoms with E-state index in [0.29, 0.717) is 18.0 Å². The van der Waals surface area contributed by atoms with Crippen molar-refractivity contribution < 1.29 is 14.4 Å². The Morgan fingerprint density at radius 1 is 1.20 bits per heavy atom. The van der Waals surface area contributed by atoms with E-state index >= 15 is 0 Å². The Morgan fingerprint density at radius 3 is 2.56 bits per heavy atom. The molecule has 0 aliphatic rings. The van der Waals surface area contributed by atoms with Gasteiger partial charge in [-0.15, -0.1) is 11.8 Å². The highest BCUT2D eigenvalue weighted by Crippen LogP contribution is 2.25. The lowest BCUT2D eigenvalue weighted by Crippen LogP contribution is -2.31. The third-order valence-electron chi connectivity index (χ3n) is 3.79. The Balaban J connectivity index is 1.72. The second kappa shape index (κ2) is 7.90. The largest absolute Gasteiger partial charge is 0.480 e. The van der Waals surface area contributed by atoms with Crippen molar-refractivity contribution in [2.24, 2.45) is 0 Å². The number of benzene rings is 2. The summed E-state index contributed by atoms with van der Waals surface area (Å²) in [7, 11) is 0. The van der Waals surface area contributed by atoms with E-state index in [9.17, 15) is 9.90 Å². The van der Waals surface area contributed by atoms with Crippen LogP contribution in [0.2, 0.25) is 0 Å². The molecule has 25 heavy (non-hydrogen) atoms. The number of hydrogen-bond acceptors (Lipinski definition) is 5. The smallest absolute Gasteiger partial charge is 0.326 e. The van der Waals surface area contributed by atoms with Crippen LogP contribution in [-0.4, -0.2) is 28.5 Å². The van der Waals surface area contributed by atoms with Gasteiger partial charge in [-0.1, -0.05) is 47.6 Å². The molecule has 1 aromatic heterocycles. The van der Waals surface area contributed by atoms with Crippen molar-refractivity contribution in [2.75, 3.05) is 11.6 Å². The van der Waals surface area contributed by atoms with Crippen molar-refractivity contribution >= 4 is 23.6 Å². The normalized spacial score (nSPS) is 11.9. The molecule has 0 fully saturated rings. The number of hydrogen-bond donors (Lipinski definition) is 2. The molecule has 0 saturated carbocycles. The number of carboxylic acids is 1. The first-order valence-corrected chi connectivity index (χ1v) is 9.02. The van der Waals surface area contributed by atoms with Gasteiger partial charge in [-0.2, -0.15) is 0 Å². The molecule has 3 aromatic rings. The highest BCUT2D eigenvalue weighted by Gasteiger charge is 2.20. The molecule has 0 spiro atoms. The van der Waals surface area contributed by atoms with Crippen LogP contribution in [0.3, 0.4) is 0 Å². The van der Waals surface area contributed by atoms with Gasteiger partial charge in [-0.3, -0.25) is 0 Å². The van der Waals surface area contributed by atoms with Crippen LogP contribution in [0.1, 0.15) is 5.56 Å². The molecule has 0 bridgehead atoms. The number of carboxylic acid groups (broad SMARTS) is 1. The van der Waals surface area contributed by atoms with E-state index < -0.39 is 12.0 Å². The van der Waals surface area contributed by atoms with Gasteiger partial charge in [0.25, 0.3) is 0 Å². The maximum atomic E-state index is 11.5. The molecule has 0 unspecified atom stereocenters. The number of aromatic nitrogens is 1. The van der Waals surface area contributed by atoms with Crippen molar-refractivity contribution in [3.05, 3.63) is 66.2 Å². The molecule has 2 N–H and O–H groups in total. The van der Waals surface area contributed by atoms with E-state index in [2.05, 4.69) is 10.5 Å². The summed E-state index contributed by atoms with van der Waals surface area (Å²) in [5.41, 5.74) is 2.53. The third-order valence-corrected chi connectivity index (χ3v) is 4.54. The molecule has 5 nitrogen and oxygen atoms in total. The SMILES string of the molecule is CSc1ccc(-c2cc(N[C@H](Cc3ccccc3)C(=O)O)on2)cc1. The van der Waals surface area contributed by atoms with Crippen LogP contribution in [0.5, 0.6) is 0 Å². The molecule has 3 rings (SSSR count). The summed E-state index contributed by atoms with van der Waals surface area (Å²) >= 11 is 1.67. The van der Waals surface area contributed by atoms with E-state index in [1.165, 1.54) is 4.90 Å². The second-order valence-corrected chi connectivity index (χ2v) is 6.41. The molecule has 0 saturated heterocycles. The van der Waals surface area contributed by atoms with Crippen molar-refractivity contribution in [3.63, 3.8) is 0 Å². The average molecular weight is 354 g/mol. The minimum absolute atomic E-state index is 0.340. The van der Waals surface area contributed by atoms with Crippen LogP contribution in [0.4, 0.5) is 5.88 Å². The van der Waals surface area contributed by atoms with Gasteiger partial charge in [0.2, 0.25) is 5.88 Å². The van der Waals surface area contributed by atoms with Crippen LogP contribution in [0, 0.1) is 0 Å². The monoisotopic (exact) mass is 354 g/mol. The lowest BCUT2D eigenvalue weighted by molar-refractivity contribution is -0.137. The predicted molar refractivity (Wildman–Crippen MR) is 98.9 cm³/mol.